The van der Waals surface area contributed by atoms with E-state index in [2.05, 4.69) is 11.9 Å². The molecule has 1 aliphatic heterocycles. The second-order valence-corrected chi connectivity index (χ2v) is 9.08. The minimum atomic E-state index is -0.212. The van der Waals surface area contributed by atoms with Gasteiger partial charge < -0.3 is 14.4 Å². The average Bonchev–Trinajstić information content (AvgIpc) is 2.75. The molecule has 32 heavy (non-hydrogen) atoms. The highest BCUT2D eigenvalue weighted by Crippen LogP contribution is 2.39. The van der Waals surface area contributed by atoms with Crippen LogP contribution in [0.4, 0.5) is 0 Å². The van der Waals surface area contributed by atoms with Gasteiger partial charge in [0.1, 0.15) is 0 Å². The lowest BCUT2D eigenvalue weighted by atomic mass is 9.93. The molecule has 0 saturated carbocycles. The topological polar surface area (TPSA) is 51.7 Å². The summed E-state index contributed by atoms with van der Waals surface area (Å²) >= 11 is 13.3. The van der Waals surface area contributed by atoms with Gasteiger partial charge in [-0.15, -0.1) is 0 Å². The number of hydrogen-bond acceptors (Lipinski definition) is 4. The Labute approximate surface area is 201 Å². The third-order valence-electron chi connectivity index (χ3n) is 6.00. The monoisotopic (exact) mass is 478 g/mol. The summed E-state index contributed by atoms with van der Waals surface area (Å²) in [6.07, 6.45) is 3.17. The van der Waals surface area contributed by atoms with Crippen LogP contribution in [0, 0.1) is 13.8 Å². The van der Waals surface area contributed by atoms with Crippen LogP contribution in [0.2, 0.25) is 10.0 Å². The number of nitrogens with zero attached hydrogens (tertiary/aromatic N) is 2. The molecule has 174 valence electrons. The van der Waals surface area contributed by atoms with Crippen LogP contribution in [0.15, 0.2) is 12.1 Å². The van der Waals surface area contributed by atoms with E-state index >= 15 is 0 Å². The maximum atomic E-state index is 13.6. The standard InChI is InChI=1S/C25H32Cl2N2O3/c1-6-8-11-32-24-19(15(3)12-16(4)28-24)14-29-10-9-17-20(26)13-18(21(7-2)31-5)23(27)22(17)25(29)30/h12-13,21H,6-11,14H2,1-5H3. The van der Waals surface area contributed by atoms with Crippen molar-refractivity contribution < 1.29 is 14.3 Å². The van der Waals surface area contributed by atoms with Gasteiger partial charge >= 0.3 is 0 Å². The molecule has 0 aliphatic carbocycles. The summed E-state index contributed by atoms with van der Waals surface area (Å²) in [6.45, 7) is 9.71. The van der Waals surface area contributed by atoms with Crippen molar-refractivity contribution in [3.63, 3.8) is 0 Å². The van der Waals surface area contributed by atoms with Crippen molar-refractivity contribution >= 4 is 29.1 Å². The number of rotatable bonds is 9. The van der Waals surface area contributed by atoms with E-state index in [9.17, 15) is 4.79 Å². The first-order chi connectivity index (χ1) is 15.3. The van der Waals surface area contributed by atoms with Gasteiger partial charge in [-0.2, -0.15) is 0 Å². The summed E-state index contributed by atoms with van der Waals surface area (Å²) in [5.41, 5.74) is 4.95. The summed E-state index contributed by atoms with van der Waals surface area (Å²) in [7, 11) is 1.64. The van der Waals surface area contributed by atoms with Crippen molar-refractivity contribution in [1.29, 1.82) is 0 Å². The minimum Gasteiger partial charge on any atom is -0.477 e. The molecule has 0 bridgehead atoms. The molecular formula is C25H32Cl2N2O3. The Hall–Kier alpha value is -1.82. The molecule has 1 aromatic carbocycles. The van der Waals surface area contributed by atoms with Crippen LogP contribution in [0.25, 0.3) is 0 Å². The molecule has 2 aromatic rings. The van der Waals surface area contributed by atoms with Crippen LogP contribution in [0.1, 0.15) is 77.5 Å². The molecule has 1 unspecified atom stereocenters. The van der Waals surface area contributed by atoms with Crippen molar-refractivity contribution in [2.75, 3.05) is 20.3 Å². The number of carbonyl (C=O) groups excluding carboxylic acids is 1. The fourth-order valence-electron chi connectivity index (χ4n) is 4.20. The first kappa shape index (κ1) is 24.8. The SMILES string of the molecule is CCCCOc1nc(C)cc(C)c1CN1CCc2c(Cl)cc(C(CC)OC)c(Cl)c2C1=O. The highest BCUT2D eigenvalue weighted by atomic mass is 35.5. The number of unbranched alkanes of at least 4 members (excludes halogenated alkanes) is 1. The molecule has 2 heterocycles. The predicted molar refractivity (Wildman–Crippen MR) is 129 cm³/mol. The van der Waals surface area contributed by atoms with E-state index in [0.717, 1.165) is 47.2 Å². The van der Waals surface area contributed by atoms with Crippen molar-refractivity contribution in [2.45, 2.75) is 66.0 Å². The predicted octanol–water partition coefficient (Wildman–Crippen LogP) is 6.48. The molecule has 0 spiro atoms. The molecule has 0 fully saturated rings. The molecule has 0 radical (unpaired) electrons. The molecule has 1 aliphatic rings. The molecule has 1 aromatic heterocycles. The second-order valence-electron chi connectivity index (χ2n) is 8.29. The summed E-state index contributed by atoms with van der Waals surface area (Å²) in [6, 6.07) is 3.87. The zero-order valence-electron chi connectivity index (χ0n) is 19.6. The van der Waals surface area contributed by atoms with Gasteiger partial charge in [0.15, 0.2) is 0 Å². The Kier molecular flexibility index (Phi) is 8.43. The fraction of sp³-hybridized carbons (Fsp3) is 0.520. The number of amides is 1. The lowest BCUT2D eigenvalue weighted by Gasteiger charge is -2.32. The number of pyridine rings is 1. The zero-order chi connectivity index (χ0) is 23.4. The normalized spacial score (nSPS) is 14.5. The number of benzene rings is 1. The molecule has 5 nitrogen and oxygen atoms in total. The van der Waals surface area contributed by atoms with Crippen LogP contribution >= 0.6 is 23.2 Å². The first-order valence-electron chi connectivity index (χ1n) is 11.2. The summed E-state index contributed by atoms with van der Waals surface area (Å²) in [5, 5.41) is 1.01. The van der Waals surface area contributed by atoms with E-state index < -0.39 is 0 Å². The van der Waals surface area contributed by atoms with E-state index in [1.54, 1.807) is 7.11 Å². The minimum absolute atomic E-state index is 0.120. The largest absolute Gasteiger partial charge is 0.477 e. The third-order valence-corrected chi connectivity index (χ3v) is 6.75. The number of halogens is 2. The van der Waals surface area contributed by atoms with Crippen molar-refractivity contribution in [3.05, 3.63) is 55.7 Å². The van der Waals surface area contributed by atoms with E-state index in [-0.39, 0.29) is 12.0 Å². The molecular weight excluding hydrogens is 447 g/mol. The Morgan fingerprint density at radius 1 is 1.22 bits per heavy atom. The number of carbonyl (C=O) groups is 1. The highest BCUT2D eigenvalue weighted by molar-refractivity contribution is 6.37. The maximum Gasteiger partial charge on any atom is 0.256 e. The van der Waals surface area contributed by atoms with Crippen LogP contribution < -0.4 is 4.74 Å². The van der Waals surface area contributed by atoms with Crippen molar-refractivity contribution in [2.24, 2.45) is 0 Å². The van der Waals surface area contributed by atoms with Crippen molar-refractivity contribution in [1.82, 2.24) is 9.88 Å². The van der Waals surface area contributed by atoms with Crippen LogP contribution in [-0.2, 0) is 17.7 Å². The number of hydrogen-bond donors (Lipinski definition) is 0. The molecule has 0 N–H and O–H groups in total. The number of aromatic nitrogens is 1. The van der Waals surface area contributed by atoms with E-state index in [1.807, 2.05) is 37.8 Å². The summed E-state index contributed by atoms with van der Waals surface area (Å²) in [4.78, 5) is 20.0. The van der Waals surface area contributed by atoms with Gasteiger partial charge in [-0.25, -0.2) is 4.98 Å². The number of fused-ring (bicyclic) bond motifs is 1. The van der Waals surface area contributed by atoms with Crippen LogP contribution in [0.3, 0.4) is 0 Å². The first-order valence-corrected chi connectivity index (χ1v) is 12.0. The number of aryl methyl sites for hydroxylation is 2. The number of methoxy groups -OCH3 is 1. The van der Waals surface area contributed by atoms with Gasteiger partial charge in [-0.1, -0.05) is 43.5 Å². The van der Waals surface area contributed by atoms with Crippen molar-refractivity contribution in [3.8, 4) is 5.88 Å². The van der Waals surface area contributed by atoms with Gasteiger partial charge in [0.05, 0.1) is 29.8 Å². The summed E-state index contributed by atoms with van der Waals surface area (Å²) in [5.74, 6) is 0.489. The summed E-state index contributed by atoms with van der Waals surface area (Å²) < 4.78 is 11.6. The lowest BCUT2D eigenvalue weighted by Crippen LogP contribution is -2.38. The van der Waals surface area contributed by atoms with Gasteiger partial charge in [0.2, 0.25) is 5.88 Å². The molecule has 0 saturated heterocycles. The third kappa shape index (κ3) is 5.05. The van der Waals surface area contributed by atoms with Crippen LogP contribution in [-0.4, -0.2) is 36.1 Å². The van der Waals surface area contributed by atoms with Gasteiger partial charge in [0.25, 0.3) is 5.91 Å². The zero-order valence-corrected chi connectivity index (χ0v) is 21.1. The Morgan fingerprint density at radius 2 is 1.97 bits per heavy atom. The molecule has 1 atom stereocenters. The second kappa shape index (κ2) is 10.9. The lowest BCUT2D eigenvalue weighted by molar-refractivity contribution is 0.0723. The van der Waals surface area contributed by atoms with E-state index in [4.69, 9.17) is 32.7 Å². The Balaban J connectivity index is 1.96. The fourth-order valence-corrected chi connectivity index (χ4v) is 4.88. The highest BCUT2D eigenvalue weighted by Gasteiger charge is 2.32. The van der Waals surface area contributed by atoms with E-state index in [0.29, 0.717) is 47.6 Å². The number of ether oxygens (including phenoxy) is 2. The van der Waals surface area contributed by atoms with Gasteiger partial charge in [0, 0.05) is 35.5 Å². The molecule has 7 heteroatoms. The quantitative estimate of drug-likeness (QED) is 0.387. The smallest absolute Gasteiger partial charge is 0.256 e. The van der Waals surface area contributed by atoms with Gasteiger partial charge in [-0.3, -0.25) is 4.79 Å². The average molecular weight is 479 g/mol. The van der Waals surface area contributed by atoms with Gasteiger partial charge in [-0.05, 0) is 56.4 Å². The maximum absolute atomic E-state index is 13.6. The van der Waals surface area contributed by atoms with Crippen LogP contribution in [0.5, 0.6) is 5.88 Å². The van der Waals surface area contributed by atoms with E-state index in [1.165, 1.54) is 0 Å². The molecule has 1 amide bonds. The molecule has 3 rings (SSSR count). The Morgan fingerprint density at radius 3 is 2.62 bits per heavy atom. The Bertz CT molecular complexity index is 990.